The van der Waals surface area contributed by atoms with Crippen molar-refractivity contribution in [3.8, 4) is 11.5 Å². The quantitative estimate of drug-likeness (QED) is 0.904. The molecule has 2 aromatic rings. The first-order chi connectivity index (χ1) is 10.2. The number of hydrogen-bond donors (Lipinski definition) is 2. The summed E-state index contributed by atoms with van der Waals surface area (Å²) >= 11 is 6.28. The van der Waals surface area contributed by atoms with Crippen molar-refractivity contribution in [2.24, 2.45) is 0 Å². The van der Waals surface area contributed by atoms with Crippen molar-refractivity contribution in [2.75, 3.05) is 11.9 Å². The van der Waals surface area contributed by atoms with Crippen LogP contribution in [-0.2, 0) is 4.79 Å². The van der Waals surface area contributed by atoms with E-state index in [4.69, 9.17) is 16.3 Å². The molecule has 0 aliphatic carbocycles. The van der Waals surface area contributed by atoms with E-state index in [-0.39, 0.29) is 11.9 Å². The summed E-state index contributed by atoms with van der Waals surface area (Å²) in [5.41, 5.74) is 1.59. The summed E-state index contributed by atoms with van der Waals surface area (Å²) in [5.74, 6) is 1.16. The maximum Gasteiger partial charge on any atom is 0.246 e. The topological polar surface area (TPSA) is 50.4 Å². The van der Waals surface area contributed by atoms with Crippen molar-refractivity contribution in [1.29, 1.82) is 0 Å². The van der Waals surface area contributed by atoms with Gasteiger partial charge >= 0.3 is 0 Å². The summed E-state index contributed by atoms with van der Waals surface area (Å²) in [5, 5.41) is 6.46. The highest BCUT2D eigenvalue weighted by atomic mass is 35.5. The summed E-state index contributed by atoms with van der Waals surface area (Å²) in [6, 6.07) is 12.6. The predicted octanol–water partition coefficient (Wildman–Crippen LogP) is 3.74. The second-order valence-corrected chi connectivity index (χ2v) is 5.17. The molecule has 108 valence electrons. The number of carbonyl (C=O) groups is 1. The van der Waals surface area contributed by atoms with Gasteiger partial charge in [-0.05, 0) is 24.7 Å². The molecule has 1 aliphatic heterocycles. The fraction of sp³-hybridized carbons (Fsp3) is 0.188. The fourth-order valence-electron chi connectivity index (χ4n) is 2.36. The lowest BCUT2D eigenvalue weighted by Crippen LogP contribution is -2.27. The average molecular weight is 303 g/mol. The number of amides is 1. The zero-order chi connectivity index (χ0) is 14.8. The maximum atomic E-state index is 11.9. The highest BCUT2D eigenvalue weighted by Gasteiger charge is 2.31. The Hall–Kier alpha value is -2.04. The summed E-state index contributed by atoms with van der Waals surface area (Å²) in [4.78, 5) is 11.9. The zero-order valence-corrected chi connectivity index (χ0v) is 12.3. The second kappa shape index (κ2) is 5.76. The van der Waals surface area contributed by atoms with Crippen molar-refractivity contribution in [1.82, 2.24) is 5.32 Å². The first kappa shape index (κ1) is 13.9. The lowest BCUT2D eigenvalue weighted by molar-refractivity contribution is -0.117. The molecule has 5 heteroatoms. The molecule has 0 fully saturated rings. The standard InChI is InChI=1S/C16H15ClN2O2/c1-2-18-15-11-8-12(17)14(9-13(11)19-16(15)20)21-10-6-4-3-5-7-10/h3-9,15,18H,2H2,1H3,(H,19,20). The van der Waals surface area contributed by atoms with E-state index >= 15 is 0 Å². The average Bonchev–Trinajstić information content (AvgIpc) is 2.77. The van der Waals surface area contributed by atoms with Crippen molar-refractivity contribution < 1.29 is 9.53 Å². The van der Waals surface area contributed by atoms with Crippen molar-refractivity contribution in [3.05, 3.63) is 53.1 Å². The number of benzene rings is 2. The van der Waals surface area contributed by atoms with Crippen LogP contribution >= 0.6 is 11.6 Å². The smallest absolute Gasteiger partial charge is 0.246 e. The van der Waals surface area contributed by atoms with Gasteiger partial charge in [0.1, 0.15) is 17.5 Å². The Bertz CT molecular complexity index is 673. The number of likely N-dealkylation sites (N-methyl/N-ethyl adjacent to an activating group) is 1. The van der Waals surface area contributed by atoms with E-state index in [1.807, 2.05) is 37.3 Å². The van der Waals surface area contributed by atoms with E-state index in [1.54, 1.807) is 12.1 Å². The molecule has 2 N–H and O–H groups in total. The molecule has 0 saturated carbocycles. The number of halogens is 1. The molecule has 0 spiro atoms. The Morgan fingerprint density at radius 1 is 1.29 bits per heavy atom. The molecule has 21 heavy (non-hydrogen) atoms. The largest absolute Gasteiger partial charge is 0.456 e. The third-order valence-corrected chi connectivity index (χ3v) is 3.61. The molecule has 1 unspecified atom stereocenters. The molecule has 2 aromatic carbocycles. The zero-order valence-electron chi connectivity index (χ0n) is 11.5. The molecule has 1 aliphatic rings. The van der Waals surface area contributed by atoms with Crippen LogP contribution in [0.4, 0.5) is 5.69 Å². The summed E-state index contributed by atoms with van der Waals surface area (Å²) < 4.78 is 5.76. The van der Waals surface area contributed by atoms with Crippen molar-refractivity contribution in [2.45, 2.75) is 13.0 Å². The Kier molecular flexibility index (Phi) is 3.82. The predicted molar refractivity (Wildman–Crippen MR) is 83.0 cm³/mol. The number of anilines is 1. The molecule has 1 amide bonds. The minimum absolute atomic E-state index is 0.0697. The lowest BCUT2D eigenvalue weighted by Gasteiger charge is -2.12. The van der Waals surface area contributed by atoms with Crippen LogP contribution in [0.5, 0.6) is 11.5 Å². The molecular weight excluding hydrogens is 288 g/mol. The van der Waals surface area contributed by atoms with Gasteiger partial charge < -0.3 is 15.4 Å². The van der Waals surface area contributed by atoms with Gasteiger partial charge in [-0.15, -0.1) is 0 Å². The van der Waals surface area contributed by atoms with E-state index in [0.717, 1.165) is 11.3 Å². The molecule has 1 heterocycles. The Morgan fingerprint density at radius 2 is 2.05 bits per heavy atom. The molecule has 1 atom stereocenters. The van der Waals surface area contributed by atoms with Crippen LogP contribution in [0.15, 0.2) is 42.5 Å². The molecule has 3 rings (SSSR count). The van der Waals surface area contributed by atoms with Gasteiger partial charge in [0, 0.05) is 17.3 Å². The maximum absolute atomic E-state index is 11.9. The van der Waals surface area contributed by atoms with E-state index in [9.17, 15) is 4.79 Å². The van der Waals surface area contributed by atoms with Gasteiger partial charge in [-0.3, -0.25) is 4.79 Å². The lowest BCUT2D eigenvalue weighted by atomic mass is 10.1. The van der Waals surface area contributed by atoms with E-state index < -0.39 is 0 Å². The van der Waals surface area contributed by atoms with E-state index in [0.29, 0.717) is 23.1 Å². The Balaban J connectivity index is 1.92. The van der Waals surface area contributed by atoms with Crippen molar-refractivity contribution in [3.63, 3.8) is 0 Å². The summed E-state index contributed by atoms with van der Waals surface area (Å²) in [6.45, 7) is 2.66. The van der Waals surface area contributed by atoms with Crippen LogP contribution in [0.2, 0.25) is 5.02 Å². The van der Waals surface area contributed by atoms with Gasteiger partial charge in [-0.2, -0.15) is 0 Å². The molecule has 4 nitrogen and oxygen atoms in total. The normalized spacial score (nSPS) is 16.5. The van der Waals surface area contributed by atoms with Gasteiger partial charge in [0.25, 0.3) is 0 Å². The molecular formula is C16H15ClN2O2. The van der Waals surface area contributed by atoms with Crippen LogP contribution < -0.4 is 15.4 Å². The highest BCUT2D eigenvalue weighted by molar-refractivity contribution is 6.32. The first-order valence-corrected chi connectivity index (χ1v) is 7.17. The van der Waals surface area contributed by atoms with Crippen LogP contribution in [0.3, 0.4) is 0 Å². The van der Waals surface area contributed by atoms with Gasteiger partial charge in [-0.1, -0.05) is 36.7 Å². The highest BCUT2D eigenvalue weighted by Crippen LogP contribution is 2.40. The number of hydrogen-bond acceptors (Lipinski definition) is 3. The SMILES string of the molecule is CCNC1C(=O)Nc2cc(Oc3ccccc3)c(Cl)cc21. The Morgan fingerprint density at radius 3 is 2.76 bits per heavy atom. The molecule has 0 radical (unpaired) electrons. The second-order valence-electron chi connectivity index (χ2n) is 4.76. The third kappa shape index (κ3) is 2.73. The van der Waals surface area contributed by atoms with Gasteiger partial charge in [0.2, 0.25) is 5.91 Å². The number of ether oxygens (including phenoxy) is 1. The Labute approximate surface area is 128 Å². The minimum Gasteiger partial charge on any atom is -0.456 e. The molecule has 0 bridgehead atoms. The van der Waals surface area contributed by atoms with Gasteiger partial charge in [0.05, 0.1) is 5.02 Å². The molecule has 0 aromatic heterocycles. The monoisotopic (exact) mass is 302 g/mol. The number of carbonyl (C=O) groups excluding carboxylic acids is 1. The molecule has 0 saturated heterocycles. The number of nitrogens with one attached hydrogen (secondary N) is 2. The van der Waals surface area contributed by atoms with E-state index in [1.165, 1.54) is 0 Å². The summed E-state index contributed by atoms with van der Waals surface area (Å²) in [7, 11) is 0. The van der Waals surface area contributed by atoms with Crippen LogP contribution in [-0.4, -0.2) is 12.5 Å². The number of rotatable bonds is 4. The van der Waals surface area contributed by atoms with Gasteiger partial charge in [0.15, 0.2) is 0 Å². The fourth-order valence-corrected chi connectivity index (χ4v) is 2.57. The van der Waals surface area contributed by atoms with Crippen LogP contribution in [0.1, 0.15) is 18.5 Å². The van der Waals surface area contributed by atoms with Crippen LogP contribution in [0, 0.1) is 0 Å². The van der Waals surface area contributed by atoms with E-state index in [2.05, 4.69) is 10.6 Å². The van der Waals surface area contributed by atoms with Gasteiger partial charge in [-0.25, -0.2) is 0 Å². The van der Waals surface area contributed by atoms with Crippen molar-refractivity contribution >= 4 is 23.2 Å². The first-order valence-electron chi connectivity index (χ1n) is 6.79. The third-order valence-electron chi connectivity index (χ3n) is 3.31. The van der Waals surface area contributed by atoms with Crippen LogP contribution in [0.25, 0.3) is 0 Å². The minimum atomic E-state index is -0.353. The number of para-hydroxylation sites is 1. The number of fused-ring (bicyclic) bond motifs is 1. The summed E-state index contributed by atoms with van der Waals surface area (Å²) in [6.07, 6.45) is 0.